The summed E-state index contributed by atoms with van der Waals surface area (Å²) in [5.41, 5.74) is 5.91. The summed E-state index contributed by atoms with van der Waals surface area (Å²) in [4.78, 5) is 5.75. The van der Waals surface area contributed by atoms with Crippen molar-refractivity contribution in [2.75, 3.05) is 5.32 Å². The standard InChI is InChI=1S/C17H20N4S/c1-11-5-6-14(12(2)9-11)10-18-17-19-13(3)16(22-17)15-7-8-21(4)20-15/h5-9H,10H2,1-4H3,(H,18,19). The van der Waals surface area contributed by atoms with Gasteiger partial charge in [-0.05, 0) is 38.0 Å². The van der Waals surface area contributed by atoms with Crippen LogP contribution in [0, 0.1) is 20.8 Å². The van der Waals surface area contributed by atoms with Crippen molar-refractivity contribution in [3.05, 3.63) is 52.8 Å². The number of rotatable bonds is 4. The zero-order valence-electron chi connectivity index (χ0n) is 13.3. The fourth-order valence-electron chi connectivity index (χ4n) is 2.46. The molecule has 0 aliphatic rings. The van der Waals surface area contributed by atoms with Gasteiger partial charge in [-0.2, -0.15) is 5.10 Å². The molecule has 3 aromatic rings. The summed E-state index contributed by atoms with van der Waals surface area (Å²) >= 11 is 1.66. The Labute approximate surface area is 134 Å². The molecule has 114 valence electrons. The molecule has 0 saturated heterocycles. The summed E-state index contributed by atoms with van der Waals surface area (Å²) in [6.07, 6.45) is 1.96. The number of hydrogen-bond donors (Lipinski definition) is 1. The molecule has 1 N–H and O–H groups in total. The van der Waals surface area contributed by atoms with Gasteiger partial charge >= 0.3 is 0 Å². The number of aryl methyl sites for hydroxylation is 4. The number of hydrogen-bond acceptors (Lipinski definition) is 4. The van der Waals surface area contributed by atoms with E-state index in [0.29, 0.717) is 0 Å². The van der Waals surface area contributed by atoms with Crippen LogP contribution in [0.3, 0.4) is 0 Å². The first-order valence-corrected chi connectivity index (χ1v) is 8.12. The van der Waals surface area contributed by atoms with Crippen molar-refractivity contribution in [3.63, 3.8) is 0 Å². The third-order valence-electron chi connectivity index (χ3n) is 3.67. The van der Waals surface area contributed by atoms with Crippen LogP contribution in [0.1, 0.15) is 22.4 Å². The SMILES string of the molecule is Cc1ccc(CNc2nc(C)c(-c3ccn(C)n3)s2)c(C)c1. The topological polar surface area (TPSA) is 42.7 Å². The van der Waals surface area contributed by atoms with Crippen molar-refractivity contribution in [2.45, 2.75) is 27.3 Å². The van der Waals surface area contributed by atoms with Gasteiger partial charge in [0.15, 0.2) is 5.13 Å². The Balaban J connectivity index is 1.76. The molecule has 2 heterocycles. The summed E-state index contributed by atoms with van der Waals surface area (Å²) in [6, 6.07) is 8.56. The smallest absolute Gasteiger partial charge is 0.183 e. The third kappa shape index (κ3) is 3.04. The first-order chi connectivity index (χ1) is 10.5. The molecule has 22 heavy (non-hydrogen) atoms. The molecular formula is C17H20N4S. The zero-order valence-corrected chi connectivity index (χ0v) is 14.2. The number of benzene rings is 1. The minimum absolute atomic E-state index is 0.792. The zero-order chi connectivity index (χ0) is 15.7. The second-order valence-electron chi connectivity index (χ2n) is 5.59. The fourth-order valence-corrected chi connectivity index (χ4v) is 3.39. The van der Waals surface area contributed by atoms with Gasteiger partial charge in [-0.15, -0.1) is 0 Å². The van der Waals surface area contributed by atoms with Crippen LogP contribution in [0.4, 0.5) is 5.13 Å². The first kappa shape index (κ1) is 14.8. The number of thiazole rings is 1. The highest BCUT2D eigenvalue weighted by atomic mass is 32.1. The van der Waals surface area contributed by atoms with Crippen molar-refractivity contribution in [3.8, 4) is 10.6 Å². The Bertz CT molecular complexity index is 801. The van der Waals surface area contributed by atoms with Crippen LogP contribution >= 0.6 is 11.3 Å². The number of nitrogens with zero attached hydrogens (tertiary/aromatic N) is 3. The lowest BCUT2D eigenvalue weighted by molar-refractivity contribution is 0.771. The van der Waals surface area contributed by atoms with Crippen molar-refractivity contribution in [2.24, 2.45) is 7.05 Å². The highest BCUT2D eigenvalue weighted by Crippen LogP contribution is 2.31. The highest BCUT2D eigenvalue weighted by Gasteiger charge is 2.12. The van der Waals surface area contributed by atoms with E-state index in [-0.39, 0.29) is 0 Å². The van der Waals surface area contributed by atoms with Gasteiger partial charge in [-0.1, -0.05) is 35.1 Å². The van der Waals surface area contributed by atoms with Gasteiger partial charge in [0, 0.05) is 19.8 Å². The average Bonchev–Trinajstić information content (AvgIpc) is 3.04. The van der Waals surface area contributed by atoms with Crippen molar-refractivity contribution in [1.82, 2.24) is 14.8 Å². The Morgan fingerprint density at radius 2 is 2.00 bits per heavy atom. The van der Waals surface area contributed by atoms with E-state index < -0.39 is 0 Å². The Morgan fingerprint density at radius 1 is 1.18 bits per heavy atom. The van der Waals surface area contributed by atoms with Crippen molar-refractivity contribution >= 4 is 16.5 Å². The molecule has 0 radical (unpaired) electrons. The normalized spacial score (nSPS) is 10.9. The molecule has 0 fully saturated rings. The summed E-state index contributed by atoms with van der Waals surface area (Å²) in [5.74, 6) is 0. The van der Waals surface area contributed by atoms with Crippen LogP contribution in [0.5, 0.6) is 0 Å². The van der Waals surface area contributed by atoms with Crippen molar-refractivity contribution in [1.29, 1.82) is 0 Å². The maximum Gasteiger partial charge on any atom is 0.183 e. The van der Waals surface area contributed by atoms with Gasteiger partial charge in [-0.3, -0.25) is 4.68 Å². The molecule has 0 aliphatic heterocycles. The van der Waals surface area contributed by atoms with Crippen LogP contribution in [-0.4, -0.2) is 14.8 Å². The highest BCUT2D eigenvalue weighted by molar-refractivity contribution is 7.19. The average molecular weight is 312 g/mol. The van der Waals surface area contributed by atoms with E-state index in [1.807, 2.05) is 30.9 Å². The quantitative estimate of drug-likeness (QED) is 0.789. The van der Waals surface area contributed by atoms with E-state index in [9.17, 15) is 0 Å². The fraction of sp³-hybridized carbons (Fsp3) is 0.294. The largest absolute Gasteiger partial charge is 0.357 e. The molecule has 5 heteroatoms. The van der Waals surface area contributed by atoms with E-state index in [1.165, 1.54) is 16.7 Å². The monoisotopic (exact) mass is 312 g/mol. The lowest BCUT2D eigenvalue weighted by atomic mass is 10.1. The lowest BCUT2D eigenvalue weighted by Gasteiger charge is -2.07. The minimum Gasteiger partial charge on any atom is -0.357 e. The molecule has 0 unspecified atom stereocenters. The molecular weight excluding hydrogens is 292 g/mol. The molecule has 0 aliphatic carbocycles. The van der Waals surface area contributed by atoms with Gasteiger partial charge in [0.2, 0.25) is 0 Å². The minimum atomic E-state index is 0.792. The van der Waals surface area contributed by atoms with E-state index in [2.05, 4.69) is 47.4 Å². The van der Waals surface area contributed by atoms with Gasteiger partial charge in [0.1, 0.15) is 5.69 Å². The van der Waals surface area contributed by atoms with Gasteiger partial charge in [-0.25, -0.2) is 4.98 Å². The predicted octanol–water partition coefficient (Wildman–Crippen LogP) is 4.08. The molecule has 0 atom stereocenters. The third-order valence-corrected chi connectivity index (χ3v) is 4.81. The number of aromatic nitrogens is 3. The van der Waals surface area contributed by atoms with Crippen LogP contribution in [0.25, 0.3) is 10.6 Å². The van der Waals surface area contributed by atoms with E-state index in [4.69, 9.17) is 0 Å². The second kappa shape index (κ2) is 5.93. The van der Waals surface area contributed by atoms with E-state index in [0.717, 1.165) is 27.9 Å². The maximum absolute atomic E-state index is 4.62. The molecule has 3 rings (SSSR count). The van der Waals surface area contributed by atoms with Crippen molar-refractivity contribution < 1.29 is 0 Å². The predicted molar refractivity (Wildman–Crippen MR) is 92.3 cm³/mol. The Morgan fingerprint density at radius 3 is 2.68 bits per heavy atom. The molecule has 0 spiro atoms. The molecule has 4 nitrogen and oxygen atoms in total. The summed E-state index contributed by atoms with van der Waals surface area (Å²) in [7, 11) is 1.93. The molecule has 2 aromatic heterocycles. The Hall–Kier alpha value is -2.14. The maximum atomic E-state index is 4.62. The lowest BCUT2D eigenvalue weighted by Crippen LogP contribution is -2.01. The van der Waals surface area contributed by atoms with E-state index in [1.54, 1.807) is 11.3 Å². The summed E-state index contributed by atoms with van der Waals surface area (Å²) < 4.78 is 1.82. The van der Waals surface area contributed by atoms with Gasteiger partial charge in [0.05, 0.1) is 10.6 Å². The first-order valence-electron chi connectivity index (χ1n) is 7.30. The molecule has 1 aromatic carbocycles. The van der Waals surface area contributed by atoms with Crippen LogP contribution in [-0.2, 0) is 13.6 Å². The number of nitrogens with one attached hydrogen (secondary N) is 1. The summed E-state index contributed by atoms with van der Waals surface area (Å²) in [5, 5.41) is 8.83. The molecule has 0 saturated carbocycles. The van der Waals surface area contributed by atoms with Gasteiger partial charge in [0.25, 0.3) is 0 Å². The van der Waals surface area contributed by atoms with Crippen LogP contribution in [0.2, 0.25) is 0 Å². The van der Waals surface area contributed by atoms with Crippen LogP contribution < -0.4 is 5.32 Å². The van der Waals surface area contributed by atoms with Crippen LogP contribution in [0.15, 0.2) is 30.5 Å². The second-order valence-corrected chi connectivity index (χ2v) is 6.59. The number of anilines is 1. The van der Waals surface area contributed by atoms with Gasteiger partial charge < -0.3 is 5.32 Å². The van der Waals surface area contributed by atoms with E-state index >= 15 is 0 Å². The summed E-state index contributed by atoms with van der Waals surface area (Å²) in [6.45, 7) is 7.09. The molecule has 0 amide bonds. The Kier molecular flexibility index (Phi) is 3.98. The molecule has 0 bridgehead atoms.